The molecule has 1 aliphatic heterocycles. The lowest BCUT2D eigenvalue weighted by Crippen LogP contribution is -2.29. The summed E-state index contributed by atoms with van der Waals surface area (Å²) in [7, 11) is 2.85. The molecule has 1 fully saturated rings. The van der Waals surface area contributed by atoms with Crippen molar-refractivity contribution < 1.29 is 33.7 Å². The van der Waals surface area contributed by atoms with Crippen LogP contribution < -0.4 is 14.4 Å². The van der Waals surface area contributed by atoms with Crippen LogP contribution in [0.2, 0.25) is 5.02 Å². The van der Waals surface area contributed by atoms with Crippen molar-refractivity contribution in [3.63, 3.8) is 0 Å². The van der Waals surface area contributed by atoms with Crippen molar-refractivity contribution in [1.29, 1.82) is 0 Å². The molecule has 0 spiro atoms. The standard InChI is InChI=1S/C29H26ClNO7/c1-5-38-29(35)17-9-11-19(12-10-17)31-25(18-8-6-7-16(2)13-18)24(27(33)28(31)34)26(32)20-14-21(30)23(37-4)15-22(20)36-3/h6-15,25,32H,5H2,1-4H3/b26-24+. The minimum absolute atomic E-state index is 0.130. The summed E-state index contributed by atoms with van der Waals surface area (Å²) in [6.45, 7) is 3.82. The lowest BCUT2D eigenvalue weighted by atomic mass is 9.94. The maximum atomic E-state index is 13.5. The number of hydrogen-bond donors (Lipinski definition) is 1. The number of hydrogen-bond acceptors (Lipinski definition) is 7. The van der Waals surface area contributed by atoms with E-state index in [1.165, 1.54) is 43.4 Å². The minimum Gasteiger partial charge on any atom is -0.507 e. The molecule has 1 atom stereocenters. The van der Waals surface area contributed by atoms with Crippen molar-refractivity contribution in [2.45, 2.75) is 19.9 Å². The molecule has 1 aliphatic rings. The van der Waals surface area contributed by atoms with Gasteiger partial charge in [-0.1, -0.05) is 41.4 Å². The normalized spacial score (nSPS) is 16.4. The number of aliphatic hydroxyl groups is 1. The molecule has 3 aromatic carbocycles. The molecule has 1 unspecified atom stereocenters. The molecule has 1 amide bonds. The number of Topliss-reactive ketones (excluding diaryl/α,β-unsaturated/α-hetero) is 1. The van der Waals surface area contributed by atoms with Crippen molar-refractivity contribution in [3.8, 4) is 11.5 Å². The van der Waals surface area contributed by atoms with Crippen LogP contribution in [0, 0.1) is 6.92 Å². The summed E-state index contributed by atoms with van der Waals surface area (Å²) in [4.78, 5) is 40.3. The van der Waals surface area contributed by atoms with Gasteiger partial charge in [-0.2, -0.15) is 0 Å². The third-order valence-corrected chi connectivity index (χ3v) is 6.48. The van der Waals surface area contributed by atoms with E-state index in [4.69, 9.17) is 25.8 Å². The number of methoxy groups -OCH3 is 2. The van der Waals surface area contributed by atoms with Gasteiger partial charge in [0, 0.05) is 11.8 Å². The van der Waals surface area contributed by atoms with E-state index in [9.17, 15) is 19.5 Å². The largest absolute Gasteiger partial charge is 0.507 e. The Morgan fingerprint density at radius 1 is 1.00 bits per heavy atom. The molecule has 9 heteroatoms. The van der Waals surface area contributed by atoms with E-state index in [-0.39, 0.29) is 28.5 Å². The highest BCUT2D eigenvalue weighted by molar-refractivity contribution is 6.51. The summed E-state index contributed by atoms with van der Waals surface area (Å²) in [5.41, 5.74) is 2.18. The van der Waals surface area contributed by atoms with Crippen molar-refractivity contribution in [2.24, 2.45) is 0 Å². The number of carbonyl (C=O) groups excluding carboxylic acids is 3. The fraction of sp³-hybridized carbons (Fsp3) is 0.207. The van der Waals surface area contributed by atoms with Gasteiger partial charge in [0.05, 0.1) is 48.6 Å². The predicted molar refractivity (Wildman–Crippen MR) is 143 cm³/mol. The fourth-order valence-electron chi connectivity index (χ4n) is 4.42. The number of rotatable bonds is 7. The third-order valence-electron chi connectivity index (χ3n) is 6.19. The van der Waals surface area contributed by atoms with E-state index >= 15 is 0 Å². The molecule has 196 valence electrons. The van der Waals surface area contributed by atoms with E-state index in [2.05, 4.69) is 0 Å². The number of nitrogens with zero attached hydrogens (tertiary/aromatic N) is 1. The monoisotopic (exact) mass is 535 g/mol. The van der Waals surface area contributed by atoms with Gasteiger partial charge in [0.25, 0.3) is 11.7 Å². The molecule has 0 saturated carbocycles. The second-order valence-corrected chi connectivity index (χ2v) is 8.94. The first-order valence-electron chi connectivity index (χ1n) is 11.8. The van der Waals surface area contributed by atoms with Gasteiger partial charge in [-0.3, -0.25) is 14.5 Å². The minimum atomic E-state index is -0.964. The molecule has 1 N–H and O–H groups in total. The summed E-state index contributed by atoms with van der Waals surface area (Å²) in [6.07, 6.45) is 0. The van der Waals surface area contributed by atoms with Crippen LogP contribution in [0.15, 0.2) is 66.2 Å². The van der Waals surface area contributed by atoms with Crippen LogP contribution in [0.1, 0.15) is 40.0 Å². The summed E-state index contributed by atoms with van der Waals surface area (Å²) in [5.74, 6) is -2.13. The molecule has 1 saturated heterocycles. The second kappa shape index (κ2) is 11.0. The Labute approximate surface area is 225 Å². The lowest BCUT2D eigenvalue weighted by molar-refractivity contribution is -0.132. The van der Waals surface area contributed by atoms with Crippen LogP contribution in [0.25, 0.3) is 5.76 Å². The molecule has 0 aromatic heterocycles. The van der Waals surface area contributed by atoms with Crippen LogP contribution in [-0.2, 0) is 14.3 Å². The molecular weight excluding hydrogens is 510 g/mol. The zero-order valence-corrected chi connectivity index (χ0v) is 22.0. The van der Waals surface area contributed by atoms with E-state index in [0.717, 1.165) is 5.56 Å². The highest BCUT2D eigenvalue weighted by Crippen LogP contribution is 2.44. The Morgan fingerprint density at radius 2 is 1.68 bits per heavy atom. The summed E-state index contributed by atoms with van der Waals surface area (Å²) < 4.78 is 15.7. The SMILES string of the molecule is CCOC(=O)c1ccc(N2C(=O)C(=O)/C(=C(/O)c3cc(Cl)c(OC)cc3OC)C2c2cccc(C)c2)cc1. The summed E-state index contributed by atoms with van der Waals surface area (Å²) in [5, 5.41) is 11.7. The van der Waals surface area contributed by atoms with E-state index in [1.807, 2.05) is 19.1 Å². The van der Waals surface area contributed by atoms with Gasteiger partial charge in [0.15, 0.2) is 0 Å². The van der Waals surface area contributed by atoms with Gasteiger partial charge in [0.1, 0.15) is 17.3 Å². The van der Waals surface area contributed by atoms with E-state index in [1.54, 1.807) is 31.2 Å². The number of anilines is 1. The number of amides is 1. The maximum Gasteiger partial charge on any atom is 0.338 e. The molecule has 0 radical (unpaired) electrons. The summed E-state index contributed by atoms with van der Waals surface area (Å²) >= 11 is 6.32. The molecule has 3 aromatic rings. The number of halogens is 1. The smallest absolute Gasteiger partial charge is 0.338 e. The number of benzene rings is 3. The first-order valence-corrected chi connectivity index (χ1v) is 12.2. The van der Waals surface area contributed by atoms with Gasteiger partial charge < -0.3 is 19.3 Å². The van der Waals surface area contributed by atoms with E-state index in [0.29, 0.717) is 22.6 Å². The zero-order valence-electron chi connectivity index (χ0n) is 21.3. The highest BCUT2D eigenvalue weighted by atomic mass is 35.5. The van der Waals surface area contributed by atoms with Crippen LogP contribution in [0.3, 0.4) is 0 Å². The van der Waals surface area contributed by atoms with Gasteiger partial charge in [-0.05, 0) is 49.7 Å². The number of ketones is 1. The Kier molecular flexibility index (Phi) is 7.73. The molecule has 0 aliphatic carbocycles. The number of aryl methyl sites for hydroxylation is 1. The van der Waals surface area contributed by atoms with Crippen LogP contribution >= 0.6 is 11.6 Å². The van der Waals surface area contributed by atoms with Crippen LogP contribution in [-0.4, -0.2) is 43.6 Å². The van der Waals surface area contributed by atoms with Crippen molar-refractivity contribution in [2.75, 3.05) is 25.7 Å². The van der Waals surface area contributed by atoms with Crippen LogP contribution in [0.4, 0.5) is 5.69 Å². The Bertz CT molecular complexity index is 1450. The lowest BCUT2D eigenvalue weighted by Gasteiger charge is -2.26. The first-order chi connectivity index (χ1) is 18.2. The van der Waals surface area contributed by atoms with Gasteiger partial charge >= 0.3 is 5.97 Å². The number of aliphatic hydroxyl groups excluding tert-OH is 1. The van der Waals surface area contributed by atoms with Gasteiger partial charge in [-0.25, -0.2) is 4.79 Å². The van der Waals surface area contributed by atoms with Crippen molar-refractivity contribution >= 4 is 40.7 Å². The molecule has 8 nitrogen and oxygen atoms in total. The Morgan fingerprint density at radius 3 is 2.29 bits per heavy atom. The maximum absolute atomic E-state index is 13.5. The molecule has 1 heterocycles. The number of esters is 1. The Hall–Kier alpha value is -4.30. The first kappa shape index (κ1) is 26.8. The quantitative estimate of drug-likeness (QED) is 0.185. The third kappa shape index (κ3) is 4.82. The average Bonchev–Trinajstić information content (AvgIpc) is 3.18. The molecular formula is C29H26ClNO7. The predicted octanol–water partition coefficient (Wildman–Crippen LogP) is 5.47. The number of ether oxygens (including phenoxy) is 3. The van der Waals surface area contributed by atoms with Gasteiger partial charge in [-0.15, -0.1) is 0 Å². The van der Waals surface area contributed by atoms with Crippen LogP contribution in [0.5, 0.6) is 11.5 Å². The fourth-order valence-corrected chi connectivity index (χ4v) is 4.66. The Balaban J connectivity index is 1.92. The topological polar surface area (TPSA) is 102 Å². The van der Waals surface area contributed by atoms with Crippen molar-refractivity contribution in [3.05, 3.63) is 93.5 Å². The molecule has 0 bridgehead atoms. The zero-order chi connectivity index (χ0) is 27.6. The molecule has 4 rings (SSSR count). The van der Waals surface area contributed by atoms with Crippen molar-refractivity contribution in [1.82, 2.24) is 0 Å². The highest BCUT2D eigenvalue weighted by Gasteiger charge is 2.47. The van der Waals surface area contributed by atoms with E-state index < -0.39 is 29.5 Å². The second-order valence-electron chi connectivity index (χ2n) is 8.54. The molecule has 38 heavy (non-hydrogen) atoms. The van der Waals surface area contributed by atoms with Gasteiger partial charge in [0.2, 0.25) is 0 Å². The average molecular weight is 536 g/mol. The number of carbonyl (C=O) groups is 3. The summed E-state index contributed by atoms with van der Waals surface area (Å²) in [6, 6.07) is 15.4.